The van der Waals surface area contributed by atoms with E-state index in [-0.39, 0.29) is 5.92 Å². The summed E-state index contributed by atoms with van der Waals surface area (Å²) in [4.78, 5) is 6.74. The lowest BCUT2D eigenvalue weighted by atomic mass is 9.98. The fourth-order valence-electron chi connectivity index (χ4n) is 2.56. The van der Waals surface area contributed by atoms with E-state index in [9.17, 15) is 0 Å². The summed E-state index contributed by atoms with van der Waals surface area (Å²) in [5.74, 6) is 1.73. The fraction of sp³-hybridized carbons (Fsp3) is 0.467. The maximum atomic E-state index is 6.06. The molecule has 20 heavy (non-hydrogen) atoms. The number of nitrogens with two attached hydrogens (primary N) is 1. The summed E-state index contributed by atoms with van der Waals surface area (Å²) < 4.78 is 5.25. The Hall–Kier alpha value is -1.88. The number of nitrogen functional groups attached to an aromatic ring is 1. The molecule has 2 heterocycles. The molecule has 1 aliphatic heterocycles. The van der Waals surface area contributed by atoms with E-state index in [1.165, 1.54) is 11.1 Å². The zero-order valence-corrected chi connectivity index (χ0v) is 12.0. The van der Waals surface area contributed by atoms with Gasteiger partial charge in [0.15, 0.2) is 5.82 Å². The van der Waals surface area contributed by atoms with Crippen LogP contribution in [0.2, 0.25) is 0 Å². The highest BCUT2D eigenvalue weighted by Gasteiger charge is 2.20. The maximum Gasteiger partial charge on any atom is 0.229 e. The van der Waals surface area contributed by atoms with Crippen LogP contribution in [0.15, 0.2) is 22.7 Å². The molecular formula is C15H20N4O. The summed E-state index contributed by atoms with van der Waals surface area (Å²) in [6.45, 7) is 6.67. The van der Waals surface area contributed by atoms with Crippen LogP contribution in [0.25, 0.3) is 0 Å². The van der Waals surface area contributed by atoms with Crippen LogP contribution < -0.4 is 5.73 Å². The second kappa shape index (κ2) is 5.25. The number of fused-ring (bicyclic) bond motifs is 1. The molecule has 1 aliphatic rings. The standard InChI is InChI=1S/C15H20N4O/c1-10(2)15-17-14(18-20-15)9-19-7-6-11-4-3-5-13(16)12(11)8-19/h3-5,10H,6-9,16H2,1-2H3. The van der Waals surface area contributed by atoms with Crippen LogP contribution in [0.4, 0.5) is 5.69 Å². The molecule has 0 saturated carbocycles. The number of hydrogen-bond donors (Lipinski definition) is 1. The molecule has 0 bridgehead atoms. The van der Waals surface area contributed by atoms with Gasteiger partial charge in [-0.1, -0.05) is 31.1 Å². The van der Waals surface area contributed by atoms with Gasteiger partial charge in [-0.25, -0.2) is 0 Å². The predicted octanol–water partition coefficient (Wildman–Crippen LogP) is 2.33. The lowest BCUT2D eigenvalue weighted by molar-refractivity contribution is 0.235. The Morgan fingerprint density at radius 3 is 3.00 bits per heavy atom. The summed E-state index contributed by atoms with van der Waals surface area (Å²) in [6.07, 6.45) is 1.02. The van der Waals surface area contributed by atoms with Crippen LogP contribution in [-0.2, 0) is 19.5 Å². The second-order valence-corrected chi connectivity index (χ2v) is 5.65. The minimum absolute atomic E-state index is 0.272. The average molecular weight is 272 g/mol. The molecule has 0 spiro atoms. The number of benzene rings is 1. The van der Waals surface area contributed by atoms with Gasteiger partial charge in [0.05, 0.1) is 6.54 Å². The first-order chi connectivity index (χ1) is 9.63. The molecule has 0 saturated heterocycles. The zero-order chi connectivity index (χ0) is 14.1. The highest BCUT2D eigenvalue weighted by molar-refractivity contribution is 5.51. The summed E-state index contributed by atoms with van der Waals surface area (Å²) in [7, 11) is 0. The molecule has 0 fully saturated rings. The van der Waals surface area contributed by atoms with Gasteiger partial charge in [0.1, 0.15) is 0 Å². The Bertz CT molecular complexity index is 606. The number of nitrogens with zero attached hydrogens (tertiary/aromatic N) is 3. The second-order valence-electron chi connectivity index (χ2n) is 5.65. The van der Waals surface area contributed by atoms with Gasteiger partial charge in [-0.05, 0) is 23.6 Å². The molecule has 2 N–H and O–H groups in total. The number of anilines is 1. The van der Waals surface area contributed by atoms with Gasteiger partial charge in [0.25, 0.3) is 0 Å². The van der Waals surface area contributed by atoms with Gasteiger partial charge >= 0.3 is 0 Å². The van der Waals surface area contributed by atoms with Crippen molar-refractivity contribution in [2.75, 3.05) is 12.3 Å². The molecule has 0 radical (unpaired) electrons. The number of hydrogen-bond acceptors (Lipinski definition) is 5. The maximum absolute atomic E-state index is 6.06. The summed E-state index contributed by atoms with van der Waals surface area (Å²) in [5, 5.41) is 4.05. The van der Waals surface area contributed by atoms with Crippen molar-refractivity contribution in [1.82, 2.24) is 15.0 Å². The fourth-order valence-corrected chi connectivity index (χ4v) is 2.56. The molecule has 0 aliphatic carbocycles. The Balaban J connectivity index is 1.72. The van der Waals surface area contributed by atoms with Gasteiger partial charge in [-0.3, -0.25) is 4.90 Å². The van der Waals surface area contributed by atoms with E-state index in [1.807, 2.05) is 12.1 Å². The molecule has 0 atom stereocenters. The SMILES string of the molecule is CC(C)c1nc(CN2CCc3cccc(N)c3C2)no1. The highest BCUT2D eigenvalue weighted by atomic mass is 16.5. The van der Waals surface area contributed by atoms with E-state index >= 15 is 0 Å². The monoisotopic (exact) mass is 272 g/mol. The van der Waals surface area contributed by atoms with Gasteiger partial charge in [-0.15, -0.1) is 0 Å². The number of aromatic nitrogens is 2. The van der Waals surface area contributed by atoms with Crippen LogP contribution in [0.3, 0.4) is 0 Å². The first kappa shape index (κ1) is 13.1. The minimum Gasteiger partial charge on any atom is -0.398 e. The van der Waals surface area contributed by atoms with Crippen LogP contribution in [0.1, 0.15) is 42.6 Å². The van der Waals surface area contributed by atoms with E-state index in [4.69, 9.17) is 10.3 Å². The molecule has 106 valence electrons. The molecule has 5 nitrogen and oxygen atoms in total. The van der Waals surface area contributed by atoms with Crippen molar-refractivity contribution >= 4 is 5.69 Å². The third-order valence-electron chi connectivity index (χ3n) is 3.73. The van der Waals surface area contributed by atoms with E-state index in [2.05, 4.69) is 35.0 Å². The summed E-state index contributed by atoms with van der Waals surface area (Å²) in [6, 6.07) is 6.15. The highest BCUT2D eigenvalue weighted by Crippen LogP contribution is 2.25. The quantitative estimate of drug-likeness (QED) is 0.868. The van der Waals surface area contributed by atoms with E-state index in [0.29, 0.717) is 12.4 Å². The Morgan fingerprint density at radius 1 is 1.40 bits per heavy atom. The first-order valence-corrected chi connectivity index (χ1v) is 7.04. The molecule has 1 aromatic carbocycles. The van der Waals surface area contributed by atoms with Crippen molar-refractivity contribution in [2.24, 2.45) is 0 Å². The molecule has 3 rings (SSSR count). The third-order valence-corrected chi connectivity index (χ3v) is 3.73. The predicted molar refractivity (Wildman–Crippen MR) is 77.1 cm³/mol. The van der Waals surface area contributed by atoms with Crippen LogP contribution in [-0.4, -0.2) is 21.6 Å². The molecule has 1 aromatic heterocycles. The Labute approximate surface area is 118 Å². The normalized spacial score (nSPS) is 15.6. The summed E-state index contributed by atoms with van der Waals surface area (Å²) >= 11 is 0. The van der Waals surface area contributed by atoms with E-state index in [1.54, 1.807) is 0 Å². The van der Waals surface area contributed by atoms with Gasteiger partial charge < -0.3 is 10.3 Å². The first-order valence-electron chi connectivity index (χ1n) is 7.04. The minimum atomic E-state index is 0.272. The van der Waals surface area contributed by atoms with Crippen LogP contribution in [0, 0.1) is 0 Å². The van der Waals surface area contributed by atoms with Crippen LogP contribution in [0.5, 0.6) is 0 Å². The molecule has 5 heteroatoms. The van der Waals surface area contributed by atoms with Crippen molar-refractivity contribution in [3.8, 4) is 0 Å². The van der Waals surface area contributed by atoms with Crippen LogP contribution >= 0.6 is 0 Å². The third kappa shape index (κ3) is 2.54. The molecular weight excluding hydrogens is 252 g/mol. The number of rotatable bonds is 3. The molecule has 0 unspecified atom stereocenters. The largest absolute Gasteiger partial charge is 0.398 e. The van der Waals surface area contributed by atoms with E-state index in [0.717, 1.165) is 31.0 Å². The lowest BCUT2D eigenvalue weighted by Gasteiger charge is -2.28. The van der Waals surface area contributed by atoms with E-state index < -0.39 is 0 Å². The van der Waals surface area contributed by atoms with Gasteiger partial charge in [-0.2, -0.15) is 4.98 Å². The Morgan fingerprint density at radius 2 is 2.25 bits per heavy atom. The van der Waals surface area contributed by atoms with Crippen molar-refractivity contribution in [3.63, 3.8) is 0 Å². The van der Waals surface area contributed by atoms with Gasteiger partial charge in [0, 0.05) is 24.7 Å². The van der Waals surface area contributed by atoms with Gasteiger partial charge in [0.2, 0.25) is 5.89 Å². The lowest BCUT2D eigenvalue weighted by Crippen LogP contribution is -2.31. The zero-order valence-electron chi connectivity index (χ0n) is 12.0. The van der Waals surface area contributed by atoms with Crippen molar-refractivity contribution < 1.29 is 4.52 Å². The van der Waals surface area contributed by atoms with Crippen molar-refractivity contribution in [2.45, 2.75) is 39.3 Å². The topological polar surface area (TPSA) is 68.2 Å². The van der Waals surface area contributed by atoms with Crippen molar-refractivity contribution in [1.29, 1.82) is 0 Å². The summed E-state index contributed by atoms with van der Waals surface area (Å²) in [5.41, 5.74) is 9.54. The molecule has 0 amide bonds. The Kier molecular flexibility index (Phi) is 3.44. The average Bonchev–Trinajstić information content (AvgIpc) is 2.88. The van der Waals surface area contributed by atoms with Crippen molar-refractivity contribution in [3.05, 3.63) is 41.0 Å². The molecule has 2 aromatic rings. The smallest absolute Gasteiger partial charge is 0.229 e.